The number of halogens is 2. The van der Waals surface area contributed by atoms with E-state index in [0.29, 0.717) is 6.61 Å². The van der Waals surface area contributed by atoms with Crippen LogP contribution in [-0.2, 0) is 6.54 Å². The molecule has 2 rings (SSSR count). The first-order chi connectivity index (χ1) is 9.20. The summed E-state index contributed by atoms with van der Waals surface area (Å²) in [5.74, 6) is 1.93. The Morgan fingerprint density at radius 1 is 1.32 bits per heavy atom. The lowest BCUT2D eigenvalue weighted by molar-refractivity contribution is 0.291. The molecule has 0 aliphatic heterocycles. The fourth-order valence-electron chi connectivity index (χ4n) is 2.36. The van der Waals surface area contributed by atoms with Crippen LogP contribution < -0.4 is 10.1 Å². The minimum absolute atomic E-state index is 0.690. The molecule has 1 fully saturated rings. The van der Waals surface area contributed by atoms with Crippen LogP contribution in [0.5, 0.6) is 5.75 Å². The molecular weight excluding hydrogens is 370 g/mol. The smallest absolute Gasteiger partial charge is 0.138 e. The second-order valence-electron chi connectivity index (χ2n) is 5.07. The van der Waals surface area contributed by atoms with Crippen molar-refractivity contribution in [2.75, 3.05) is 13.2 Å². The molecule has 0 radical (unpaired) electrons. The third-order valence-corrected chi connectivity index (χ3v) is 4.69. The quantitative estimate of drug-likeness (QED) is 0.669. The first-order valence-electron chi connectivity index (χ1n) is 7.02. The molecule has 1 aromatic carbocycles. The van der Waals surface area contributed by atoms with Gasteiger partial charge in [-0.1, -0.05) is 35.2 Å². The SMILES string of the molecule is CCOc1c(Br)cc(Br)cc1CNCCC1CCC1. The van der Waals surface area contributed by atoms with E-state index < -0.39 is 0 Å². The van der Waals surface area contributed by atoms with Crippen LogP contribution in [0.1, 0.15) is 38.2 Å². The normalized spacial score (nSPS) is 15.3. The molecule has 4 heteroatoms. The molecule has 0 spiro atoms. The molecule has 19 heavy (non-hydrogen) atoms. The Morgan fingerprint density at radius 3 is 2.74 bits per heavy atom. The molecule has 1 aliphatic rings. The molecule has 0 unspecified atom stereocenters. The van der Waals surface area contributed by atoms with E-state index in [0.717, 1.165) is 33.7 Å². The highest BCUT2D eigenvalue weighted by Gasteiger charge is 2.16. The highest BCUT2D eigenvalue weighted by atomic mass is 79.9. The van der Waals surface area contributed by atoms with E-state index in [1.54, 1.807) is 0 Å². The Balaban J connectivity index is 1.89. The topological polar surface area (TPSA) is 21.3 Å². The number of ether oxygens (including phenoxy) is 1. The van der Waals surface area contributed by atoms with Gasteiger partial charge in [-0.25, -0.2) is 0 Å². The molecule has 0 heterocycles. The van der Waals surface area contributed by atoms with Crippen molar-refractivity contribution >= 4 is 31.9 Å². The number of nitrogens with one attached hydrogen (secondary N) is 1. The summed E-state index contributed by atoms with van der Waals surface area (Å²) in [5, 5.41) is 3.53. The van der Waals surface area contributed by atoms with E-state index in [4.69, 9.17) is 4.74 Å². The van der Waals surface area contributed by atoms with Gasteiger partial charge in [-0.2, -0.15) is 0 Å². The first kappa shape index (κ1) is 15.3. The molecule has 0 bridgehead atoms. The van der Waals surface area contributed by atoms with Gasteiger partial charge in [-0.15, -0.1) is 0 Å². The largest absolute Gasteiger partial charge is 0.492 e. The van der Waals surface area contributed by atoms with Crippen molar-refractivity contribution in [2.24, 2.45) is 5.92 Å². The molecule has 0 aromatic heterocycles. The number of hydrogen-bond donors (Lipinski definition) is 1. The Morgan fingerprint density at radius 2 is 2.11 bits per heavy atom. The minimum atomic E-state index is 0.690. The molecule has 0 atom stereocenters. The van der Waals surface area contributed by atoms with Crippen LogP contribution in [-0.4, -0.2) is 13.2 Å². The van der Waals surface area contributed by atoms with E-state index in [-0.39, 0.29) is 0 Å². The predicted molar refractivity (Wildman–Crippen MR) is 86.7 cm³/mol. The second kappa shape index (κ2) is 7.65. The fourth-order valence-corrected chi connectivity index (χ4v) is 3.79. The zero-order chi connectivity index (χ0) is 13.7. The van der Waals surface area contributed by atoms with Gasteiger partial charge in [0.05, 0.1) is 11.1 Å². The van der Waals surface area contributed by atoms with Gasteiger partial charge in [0.1, 0.15) is 5.75 Å². The zero-order valence-electron chi connectivity index (χ0n) is 11.3. The lowest BCUT2D eigenvalue weighted by Gasteiger charge is -2.25. The number of hydrogen-bond acceptors (Lipinski definition) is 2. The fraction of sp³-hybridized carbons (Fsp3) is 0.600. The summed E-state index contributed by atoms with van der Waals surface area (Å²) < 4.78 is 7.82. The standard InChI is InChI=1S/C15H21Br2NO/c1-2-19-15-12(8-13(16)9-14(15)17)10-18-7-6-11-4-3-5-11/h8-9,11,18H,2-7,10H2,1H3. The zero-order valence-corrected chi connectivity index (χ0v) is 14.5. The van der Waals surface area contributed by atoms with Crippen LogP contribution in [0.25, 0.3) is 0 Å². The summed E-state index contributed by atoms with van der Waals surface area (Å²) in [4.78, 5) is 0. The van der Waals surface area contributed by atoms with Crippen LogP contribution in [0, 0.1) is 5.92 Å². The van der Waals surface area contributed by atoms with E-state index in [1.165, 1.54) is 31.2 Å². The van der Waals surface area contributed by atoms with Gasteiger partial charge < -0.3 is 10.1 Å². The maximum Gasteiger partial charge on any atom is 0.138 e. The van der Waals surface area contributed by atoms with E-state index >= 15 is 0 Å². The number of rotatable bonds is 7. The van der Waals surface area contributed by atoms with E-state index in [9.17, 15) is 0 Å². The summed E-state index contributed by atoms with van der Waals surface area (Å²) in [6, 6.07) is 4.16. The van der Waals surface area contributed by atoms with Crippen molar-refractivity contribution < 1.29 is 4.74 Å². The maximum atomic E-state index is 5.73. The maximum absolute atomic E-state index is 5.73. The third-order valence-electron chi connectivity index (χ3n) is 3.64. The molecule has 1 aliphatic carbocycles. The van der Waals surface area contributed by atoms with Crippen molar-refractivity contribution in [1.82, 2.24) is 5.32 Å². The Labute approximate surface area is 132 Å². The lowest BCUT2D eigenvalue weighted by Crippen LogP contribution is -2.21. The molecule has 1 saturated carbocycles. The van der Waals surface area contributed by atoms with Gasteiger partial charge in [0.2, 0.25) is 0 Å². The van der Waals surface area contributed by atoms with Gasteiger partial charge >= 0.3 is 0 Å². The first-order valence-corrected chi connectivity index (χ1v) is 8.60. The summed E-state index contributed by atoms with van der Waals surface area (Å²) in [6.07, 6.45) is 5.58. The summed E-state index contributed by atoms with van der Waals surface area (Å²) in [5.41, 5.74) is 1.21. The summed E-state index contributed by atoms with van der Waals surface area (Å²) in [6.45, 7) is 4.66. The van der Waals surface area contributed by atoms with Crippen molar-refractivity contribution in [1.29, 1.82) is 0 Å². The lowest BCUT2D eigenvalue weighted by atomic mass is 9.83. The van der Waals surface area contributed by atoms with E-state index in [1.807, 2.05) is 13.0 Å². The highest BCUT2D eigenvalue weighted by Crippen LogP contribution is 2.33. The number of benzene rings is 1. The van der Waals surface area contributed by atoms with Crippen molar-refractivity contribution in [3.8, 4) is 5.75 Å². The average molecular weight is 391 g/mol. The van der Waals surface area contributed by atoms with Crippen LogP contribution in [0.2, 0.25) is 0 Å². The molecule has 2 nitrogen and oxygen atoms in total. The van der Waals surface area contributed by atoms with Crippen LogP contribution in [0.3, 0.4) is 0 Å². The Hall–Kier alpha value is -0.0600. The molecular formula is C15H21Br2NO. The van der Waals surface area contributed by atoms with Crippen molar-refractivity contribution in [2.45, 2.75) is 39.2 Å². The van der Waals surface area contributed by atoms with Crippen LogP contribution in [0.4, 0.5) is 0 Å². The van der Waals surface area contributed by atoms with Crippen LogP contribution in [0.15, 0.2) is 21.1 Å². The van der Waals surface area contributed by atoms with Gasteiger partial charge in [0, 0.05) is 16.6 Å². The van der Waals surface area contributed by atoms with Gasteiger partial charge in [-0.3, -0.25) is 0 Å². The second-order valence-corrected chi connectivity index (χ2v) is 6.84. The van der Waals surface area contributed by atoms with E-state index in [2.05, 4.69) is 43.2 Å². The van der Waals surface area contributed by atoms with Crippen molar-refractivity contribution in [3.63, 3.8) is 0 Å². The molecule has 1 aromatic rings. The molecule has 1 N–H and O–H groups in total. The Bertz CT molecular complexity index is 419. The average Bonchev–Trinajstić information content (AvgIpc) is 2.30. The molecule has 106 valence electrons. The van der Waals surface area contributed by atoms with Gasteiger partial charge in [0.15, 0.2) is 0 Å². The minimum Gasteiger partial charge on any atom is -0.492 e. The summed E-state index contributed by atoms with van der Waals surface area (Å²) in [7, 11) is 0. The highest BCUT2D eigenvalue weighted by molar-refractivity contribution is 9.11. The Kier molecular flexibility index (Phi) is 6.17. The summed E-state index contributed by atoms with van der Waals surface area (Å²) >= 11 is 7.11. The van der Waals surface area contributed by atoms with Gasteiger partial charge in [0.25, 0.3) is 0 Å². The molecule has 0 amide bonds. The monoisotopic (exact) mass is 389 g/mol. The molecule has 0 saturated heterocycles. The van der Waals surface area contributed by atoms with Crippen molar-refractivity contribution in [3.05, 3.63) is 26.6 Å². The third kappa shape index (κ3) is 4.47. The van der Waals surface area contributed by atoms with Gasteiger partial charge in [-0.05, 0) is 53.9 Å². The predicted octanol–water partition coefficient (Wildman–Crippen LogP) is 4.89. The van der Waals surface area contributed by atoms with Crippen LogP contribution >= 0.6 is 31.9 Å².